The van der Waals surface area contributed by atoms with Crippen molar-refractivity contribution in [1.82, 2.24) is 15.5 Å². The van der Waals surface area contributed by atoms with E-state index in [2.05, 4.69) is 26.9 Å². The van der Waals surface area contributed by atoms with Gasteiger partial charge in [0.25, 0.3) is 0 Å². The second-order valence-corrected chi connectivity index (χ2v) is 5.36. The van der Waals surface area contributed by atoms with Crippen LogP contribution in [-0.2, 0) is 0 Å². The number of anilines is 1. The fourth-order valence-electron chi connectivity index (χ4n) is 3.03. The number of aromatic amines is 1. The maximum Gasteiger partial charge on any atom is 0.148 e. The second kappa shape index (κ2) is 5.08. The van der Waals surface area contributed by atoms with Gasteiger partial charge in [0, 0.05) is 23.7 Å². The third-order valence-electron chi connectivity index (χ3n) is 4.08. The molecule has 2 fully saturated rings. The molecule has 4 nitrogen and oxygen atoms in total. The number of rotatable bonds is 3. The molecule has 1 aromatic rings. The summed E-state index contributed by atoms with van der Waals surface area (Å²) in [5, 5.41) is 14.5. The van der Waals surface area contributed by atoms with Gasteiger partial charge in [-0.1, -0.05) is 12.8 Å². The van der Waals surface area contributed by atoms with E-state index >= 15 is 0 Å². The Hall–Kier alpha value is -1.03. The number of H-pyrrole nitrogens is 1. The van der Waals surface area contributed by atoms with Gasteiger partial charge in [0.15, 0.2) is 0 Å². The Morgan fingerprint density at radius 3 is 2.65 bits per heavy atom. The molecular formula is C13H22N4. The third kappa shape index (κ3) is 2.63. The van der Waals surface area contributed by atoms with E-state index in [1.807, 2.05) is 0 Å². The van der Waals surface area contributed by atoms with Gasteiger partial charge in [-0.05, 0) is 38.8 Å². The average Bonchev–Trinajstić information content (AvgIpc) is 3.00. The zero-order valence-electron chi connectivity index (χ0n) is 10.3. The molecule has 3 rings (SSSR count). The average molecular weight is 234 g/mol. The minimum absolute atomic E-state index is 0.593. The predicted octanol–water partition coefficient (Wildman–Crippen LogP) is 2.23. The van der Waals surface area contributed by atoms with Crippen LogP contribution in [0.5, 0.6) is 0 Å². The molecule has 94 valence electrons. The Kier molecular flexibility index (Phi) is 3.31. The molecular weight excluding hydrogens is 212 g/mol. The van der Waals surface area contributed by atoms with Gasteiger partial charge < -0.3 is 10.6 Å². The molecule has 1 aliphatic heterocycles. The molecule has 1 aromatic heterocycles. The summed E-state index contributed by atoms with van der Waals surface area (Å²) >= 11 is 0. The van der Waals surface area contributed by atoms with Crippen molar-refractivity contribution in [3.05, 3.63) is 11.8 Å². The zero-order chi connectivity index (χ0) is 11.5. The van der Waals surface area contributed by atoms with Crippen LogP contribution in [0.3, 0.4) is 0 Å². The molecule has 3 N–H and O–H groups in total. The molecule has 0 atom stereocenters. The molecule has 4 heteroatoms. The van der Waals surface area contributed by atoms with Crippen molar-refractivity contribution in [3.8, 4) is 0 Å². The first-order valence-corrected chi connectivity index (χ1v) is 6.94. The van der Waals surface area contributed by atoms with Crippen molar-refractivity contribution in [2.75, 3.05) is 18.4 Å². The highest BCUT2D eigenvalue weighted by atomic mass is 15.2. The van der Waals surface area contributed by atoms with Crippen LogP contribution >= 0.6 is 0 Å². The Morgan fingerprint density at radius 2 is 1.88 bits per heavy atom. The number of hydrogen-bond donors (Lipinski definition) is 3. The van der Waals surface area contributed by atoms with E-state index in [0.29, 0.717) is 6.04 Å². The minimum atomic E-state index is 0.593. The van der Waals surface area contributed by atoms with Gasteiger partial charge in [0.1, 0.15) is 5.82 Å². The maximum atomic E-state index is 4.40. The van der Waals surface area contributed by atoms with Crippen LogP contribution in [0.1, 0.15) is 50.1 Å². The number of nitrogens with zero attached hydrogens (tertiary/aromatic N) is 1. The van der Waals surface area contributed by atoms with E-state index in [9.17, 15) is 0 Å². The number of piperidine rings is 1. The quantitative estimate of drug-likeness (QED) is 0.751. The van der Waals surface area contributed by atoms with Gasteiger partial charge in [0.05, 0.1) is 0 Å². The standard InChI is InChI=1S/C13H22N4/c1-2-4-10(3-1)12-9-13(17-16-12)15-11-5-7-14-8-6-11/h9-11,14H,1-8H2,(H2,15,16,17). The van der Waals surface area contributed by atoms with Crippen molar-refractivity contribution in [2.24, 2.45) is 0 Å². The van der Waals surface area contributed by atoms with Crippen molar-refractivity contribution in [2.45, 2.75) is 50.5 Å². The minimum Gasteiger partial charge on any atom is -0.366 e. The normalized spacial score (nSPS) is 23.1. The summed E-state index contributed by atoms with van der Waals surface area (Å²) in [6.07, 6.45) is 7.81. The first-order valence-electron chi connectivity index (χ1n) is 6.94. The van der Waals surface area contributed by atoms with Gasteiger partial charge in [-0.25, -0.2) is 0 Å². The highest BCUT2D eigenvalue weighted by Crippen LogP contribution is 2.33. The SMILES string of the molecule is c1c(NC2CCNCC2)n[nH]c1C1CCCC1. The number of hydrogen-bond acceptors (Lipinski definition) is 3. The molecule has 17 heavy (non-hydrogen) atoms. The van der Waals surface area contributed by atoms with Crippen LogP contribution in [0.15, 0.2) is 6.07 Å². The lowest BCUT2D eigenvalue weighted by Gasteiger charge is -2.23. The summed E-state index contributed by atoms with van der Waals surface area (Å²) in [7, 11) is 0. The Balaban J connectivity index is 1.59. The van der Waals surface area contributed by atoms with Gasteiger partial charge in [0.2, 0.25) is 0 Å². The van der Waals surface area contributed by atoms with E-state index in [0.717, 1.165) is 24.8 Å². The van der Waals surface area contributed by atoms with Crippen molar-refractivity contribution >= 4 is 5.82 Å². The fourth-order valence-corrected chi connectivity index (χ4v) is 3.03. The Morgan fingerprint density at radius 1 is 1.12 bits per heavy atom. The zero-order valence-corrected chi connectivity index (χ0v) is 10.3. The number of aromatic nitrogens is 2. The molecule has 2 heterocycles. The predicted molar refractivity (Wildman–Crippen MR) is 69.3 cm³/mol. The summed E-state index contributed by atoms with van der Waals surface area (Å²) in [4.78, 5) is 0. The smallest absolute Gasteiger partial charge is 0.148 e. The van der Waals surface area contributed by atoms with Crippen LogP contribution in [0.4, 0.5) is 5.82 Å². The van der Waals surface area contributed by atoms with Gasteiger partial charge >= 0.3 is 0 Å². The van der Waals surface area contributed by atoms with Gasteiger partial charge in [-0.15, -0.1) is 0 Å². The first kappa shape index (κ1) is 11.1. The maximum absolute atomic E-state index is 4.40. The lowest BCUT2D eigenvalue weighted by Crippen LogP contribution is -2.35. The fraction of sp³-hybridized carbons (Fsp3) is 0.769. The summed E-state index contributed by atoms with van der Waals surface area (Å²) < 4.78 is 0. The van der Waals surface area contributed by atoms with E-state index in [4.69, 9.17) is 0 Å². The monoisotopic (exact) mass is 234 g/mol. The molecule has 2 aliphatic rings. The van der Waals surface area contributed by atoms with E-state index in [1.54, 1.807) is 0 Å². The Bertz CT molecular complexity index is 348. The van der Waals surface area contributed by atoms with E-state index < -0.39 is 0 Å². The van der Waals surface area contributed by atoms with Crippen molar-refractivity contribution in [3.63, 3.8) is 0 Å². The molecule has 0 radical (unpaired) electrons. The van der Waals surface area contributed by atoms with Crippen LogP contribution in [0, 0.1) is 0 Å². The molecule has 1 saturated heterocycles. The summed E-state index contributed by atoms with van der Waals surface area (Å²) in [5.74, 6) is 1.77. The van der Waals surface area contributed by atoms with Crippen LogP contribution in [0.25, 0.3) is 0 Å². The summed E-state index contributed by atoms with van der Waals surface area (Å²) in [5.41, 5.74) is 1.33. The lowest BCUT2D eigenvalue weighted by molar-refractivity contribution is 0.478. The summed E-state index contributed by atoms with van der Waals surface area (Å²) in [6.45, 7) is 2.25. The first-order chi connectivity index (χ1) is 8.42. The summed E-state index contributed by atoms with van der Waals surface area (Å²) in [6, 6.07) is 2.81. The van der Waals surface area contributed by atoms with E-state index in [1.165, 1.54) is 44.2 Å². The lowest BCUT2D eigenvalue weighted by atomic mass is 10.0. The Labute approximate surface area is 103 Å². The highest BCUT2D eigenvalue weighted by Gasteiger charge is 2.20. The molecule has 0 unspecified atom stereocenters. The van der Waals surface area contributed by atoms with Crippen LogP contribution < -0.4 is 10.6 Å². The molecule has 0 aromatic carbocycles. The topological polar surface area (TPSA) is 52.7 Å². The van der Waals surface area contributed by atoms with E-state index in [-0.39, 0.29) is 0 Å². The molecule has 0 spiro atoms. The molecule has 1 saturated carbocycles. The van der Waals surface area contributed by atoms with Crippen LogP contribution in [0.2, 0.25) is 0 Å². The third-order valence-corrected chi connectivity index (χ3v) is 4.08. The molecule has 0 bridgehead atoms. The largest absolute Gasteiger partial charge is 0.366 e. The number of nitrogens with one attached hydrogen (secondary N) is 3. The molecule has 0 amide bonds. The van der Waals surface area contributed by atoms with Crippen molar-refractivity contribution in [1.29, 1.82) is 0 Å². The second-order valence-electron chi connectivity index (χ2n) is 5.36. The highest BCUT2D eigenvalue weighted by molar-refractivity contribution is 5.37. The van der Waals surface area contributed by atoms with Crippen molar-refractivity contribution < 1.29 is 0 Å². The van der Waals surface area contributed by atoms with Gasteiger partial charge in [-0.3, -0.25) is 5.10 Å². The van der Waals surface area contributed by atoms with Gasteiger partial charge in [-0.2, -0.15) is 5.10 Å². The van der Waals surface area contributed by atoms with Crippen LogP contribution in [-0.4, -0.2) is 29.3 Å². The molecule has 1 aliphatic carbocycles.